The third kappa shape index (κ3) is 1.48. The van der Waals surface area contributed by atoms with Crippen LogP contribution in [-0.4, -0.2) is 9.55 Å². The summed E-state index contributed by atoms with van der Waals surface area (Å²) in [6.45, 7) is 2.14. The van der Waals surface area contributed by atoms with Gasteiger partial charge in [0.2, 0.25) is 0 Å². The Morgan fingerprint density at radius 3 is 2.45 bits per heavy atom. The first-order valence-corrected chi connectivity index (χ1v) is 6.76. The zero-order valence-electron chi connectivity index (χ0n) is 11.2. The van der Waals surface area contributed by atoms with E-state index in [1.807, 2.05) is 18.3 Å². The van der Waals surface area contributed by atoms with E-state index in [0.29, 0.717) is 0 Å². The van der Waals surface area contributed by atoms with Gasteiger partial charge in [-0.15, -0.1) is 0 Å². The zero-order chi connectivity index (χ0) is 13.5. The van der Waals surface area contributed by atoms with Gasteiger partial charge in [0.1, 0.15) is 0 Å². The molecule has 0 aliphatic carbocycles. The number of rotatable bonds is 1. The summed E-state index contributed by atoms with van der Waals surface area (Å²) in [7, 11) is 0. The summed E-state index contributed by atoms with van der Waals surface area (Å²) in [5.41, 5.74) is 5.88. The van der Waals surface area contributed by atoms with Crippen LogP contribution < -0.4 is 0 Å². The van der Waals surface area contributed by atoms with E-state index >= 15 is 0 Å². The molecule has 2 aromatic carbocycles. The predicted octanol–water partition coefficient (Wildman–Crippen LogP) is 4.49. The highest BCUT2D eigenvalue weighted by Crippen LogP contribution is 2.32. The first kappa shape index (κ1) is 11.2. The molecule has 0 saturated heterocycles. The van der Waals surface area contributed by atoms with Crippen LogP contribution in [0.3, 0.4) is 0 Å². The molecule has 0 unspecified atom stereocenters. The van der Waals surface area contributed by atoms with Crippen LogP contribution in [0.4, 0.5) is 0 Å². The number of para-hydroxylation sites is 1. The van der Waals surface area contributed by atoms with Crippen LogP contribution in [0.2, 0.25) is 0 Å². The van der Waals surface area contributed by atoms with Crippen LogP contribution in [0, 0.1) is 6.92 Å². The van der Waals surface area contributed by atoms with Crippen LogP contribution >= 0.6 is 0 Å². The van der Waals surface area contributed by atoms with Gasteiger partial charge in [0, 0.05) is 17.3 Å². The number of nitrogens with zero attached hydrogens (tertiary/aromatic N) is 2. The Labute approximate surface area is 117 Å². The summed E-state index contributed by atoms with van der Waals surface area (Å²) in [5.74, 6) is 0. The molecule has 0 N–H and O–H groups in total. The van der Waals surface area contributed by atoms with Gasteiger partial charge in [-0.2, -0.15) is 0 Å². The minimum atomic E-state index is 1.07. The lowest BCUT2D eigenvalue weighted by Crippen LogP contribution is -1.92. The lowest BCUT2D eigenvalue weighted by Gasteiger charge is -2.06. The Kier molecular flexibility index (Phi) is 2.36. The average molecular weight is 258 g/mol. The van der Waals surface area contributed by atoms with Gasteiger partial charge in [-0.05, 0) is 42.8 Å². The molecular weight excluding hydrogens is 244 g/mol. The van der Waals surface area contributed by atoms with Crippen molar-refractivity contribution < 1.29 is 0 Å². The Hall–Kier alpha value is -2.61. The molecule has 0 radical (unpaired) electrons. The topological polar surface area (TPSA) is 17.8 Å². The summed E-state index contributed by atoms with van der Waals surface area (Å²) in [6.07, 6.45) is 1.86. The summed E-state index contributed by atoms with van der Waals surface area (Å²) >= 11 is 0. The van der Waals surface area contributed by atoms with Crippen molar-refractivity contribution in [1.82, 2.24) is 9.55 Å². The van der Waals surface area contributed by atoms with E-state index in [9.17, 15) is 0 Å². The van der Waals surface area contributed by atoms with Crippen molar-refractivity contribution >= 4 is 21.9 Å². The molecular formula is C18H14N2. The molecule has 0 aliphatic heterocycles. The molecule has 0 bridgehead atoms. The maximum atomic E-state index is 4.60. The molecule has 4 rings (SSSR count). The van der Waals surface area contributed by atoms with E-state index < -0.39 is 0 Å². The Balaban J connectivity index is 2.26. The molecule has 0 amide bonds. The van der Waals surface area contributed by atoms with Gasteiger partial charge in [0.25, 0.3) is 0 Å². The maximum Gasteiger partial charge on any atom is 0.0966 e. The second kappa shape index (κ2) is 4.20. The van der Waals surface area contributed by atoms with E-state index in [1.165, 1.54) is 22.2 Å². The summed E-state index contributed by atoms with van der Waals surface area (Å²) < 4.78 is 2.28. The predicted molar refractivity (Wildman–Crippen MR) is 83.3 cm³/mol. The van der Waals surface area contributed by atoms with Gasteiger partial charge < -0.3 is 4.57 Å². The van der Waals surface area contributed by atoms with Crippen molar-refractivity contribution in [3.8, 4) is 5.69 Å². The molecule has 2 aromatic heterocycles. The molecule has 0 saturated carbocycles. The van der Waals surface area contributed by atoms with E-state index in [1.54, 1.807) is 0 Å². The third-order valence-corrected chi connectivity index (χ3v) is 3.77. The van der Waals surface area contributed by atoms with Gasteiger partial charge in [0.15, 0.2) is 0 Å². The van der Waals surface area contributed by atoms with Gasteiger partial charge >= 0.3 is 0 Å². The highest BCUT2D eigenvalue weighted by molar-refractivity contribution is 6.08. The Morgan fingerprint density at radius 2 is 1.60 bits per heavy atom. The van der Waals surface area contributed by atoms with Crippen molar-refractivity contribution in [2.24, 2.45) is 0 Å². The quantitative estimate of drug-likeness (QED) is 0.492. The van der Waals surface area contributed by atoms with Crippen LogP contribution in [0.15, 0.2) is 66.9 Å². The fourth-order valence-electron chi connectivity index (χ4n) is 2.90. The van der Waals surface area contributed by atoms with Crippen LogP contribution in [0.5, 0.6) is 0 Å². The van der Waals surface area contributed by atoms with E-state index in [0.717, 1.165) is 11.0 Å². The lowest BCUT2D eigenvalue weighted by atomic mass is 10.1. The number of fused-ring (bicyclic) bond motifs is 3. The Morgan fingerprint density at radius 1 is 0.800 bits per heavy atom. The fourth-order valence-corrected chi connectivity index (χ4v) is 2.90. The number of pyridine rings is 1. The second-order valence-electron chi connectivity index (χ2n) is 5.01. The molecule has 2 heteroatoms. The molecule has 0 spiro atoms. The van der Waals surface area contributed by atoms with Gasteiger partial charge in [-0.3, -0.25) is 4.98 Å². The largest absolute Gasteiger partial charge is 0.308 e. The lowest BCUT2D eigenvalue weighted by molar-refractivity contribution is 1.17. The van der Waals surface area contributed by atoms with E-state index in [2.05, 4.69) is 65.0 Å². The first-order chi connectivity index (χ1) is 9.86. The Bertz CT molecular complexity index is 905. The highest BCUT2D eigenvalue weighted by Gasteiger charge is 2.13. The van der Waals surface area contributed by atoms with Crippen LogP contribution in [-0.2, 0) is 0 Å². The number of aryl methyl sites for hydroxylation is 1. The summed E-state index contributed by atoms with van der Waals surface area (Å²) in [5, 5.41) is 1.24. The molecule has 0 atom stereocenters. The number of hydrogen-bond donors (Lipinski definition) is 0. The van der Waals surface area contributed by atoms with Gasteiger partial charge in [-0.1, -0.05) is 30.3 Å². The fraction of sp³-hybridized carbons (Fsp3) is 0.0556. The van der Waals surface area contributed by atoms with Crippen molar-refractivity contribution in [2.75, 3.05) is 0 Å². The molecule has 20 heavy (non-hydrogen) atoms. The third-order valence-electron chi connectivity index (χ3n) is 3.77. The highest BCUT2D eigenvalue weighted by atomic mass is 15.0. The molecule has 4 aromatic rings. The summed E-state index contributed by atoms with van der Waals surface area (Å²) in [4.78, 5) is 4.60. The second-order valence-corrected chi connectivity index (χ2v) is 5.01. The van der Waals surface area contributed by atoms with Crippen molar-refractivity contribution in [1.29, 1.82) is 0 Å². The zero-order valence-corrected chi connectivity index (χ0v) is 11.2. The molecule has 0 fully saturated rings. The minimum Gasteiger partial charge on any atom is -0.308 e. The SMILES string of the molecule is Cc1cccc2c1c1ncccc1n2-c1ccccc1. The normalized spacial score (nSPS) is 11.2. The van der Waals surface area contributed by atoms with E-state index in [-0.39, 0.29) is 0 Å². The molecule has 96 valence electrons. The standard InChI is InChI=1S/C18H14N2/c1-13-7-5-10-15-17(13)18-16(11-6-12-19-18)20(15)14-8-3-2-4-9-14/h2-12H,1H3. The van der Waals surface area contributed by atoms with Crippen molar-refractivity contribution in [3.63, 3.8) is 0 Å². The van der Waals surface area contributed by atoms with Crippen LogP contribution in [0.1, 0.15) is 5.56 Å². The van der Waals surface area contributed by atoms with Crippen LogP contribution in [0.25, 0.3) is 27.6 Å². The first-order valence-electron chi connectivity index (χ1n) is 6.76. The number of hydrogen-bond acceptors (Lipinski definition) is 1. The van der Waals surface area contributed by atoms with Crippen molar-refractivity contribution in [3.05, 3.63) is 72.4 Å². The van der Waals surface area contributed by atoms with Crippen molar-refractivity contribution in [2.45, 2.75) is 6.92 Å². The smallest absolute Gasteiger partial charge is 0.0966 e. The molecule has 0 aliphatic rings. The molecule has 2 nitrogen and oxygen atoms in total. The summed E-state index contributed by atoms with van der Waals surface area (Å²) in [6, 6.07) is 21.0. The number of benzene rings is 2. The maximum absolute atomic E-state index is 4.60. The minimum absolute atomic E-state index is 1.07. The van der Waals surface area contributed by atoms with Gasteiger partial charge in [0.05, 0.1) is 16.6 Å². The van der Waals surface area contributed by atoms with E-state index in [4.69, 9.17) is 0 Å². The molecule has 2 heterocycles. The number of aromatic nitrogens is 2. The monoisotopic (exact) mass is 258 g/mol. The van der Waals surface area contributed by atoms with Gasteiger partial charge in [-0.25, -0.2) is 0 Å². The average Bonchev–Trinajstić information content (AvgIpc) is 2.84.